The van der Waals surface area contributed by atoms with Crippen LogP contribution in [0.1, 0.15) is 11.1 Å². The van der Waals surface area contributed by atoms with Crippen molar-refractivity contribution in [1.29, 1.82) is 0 Å². The molecule has 0 spiro atoms. The van der Waals surface area contributed by atoms with E-state index in [0.717, 1.165) is 16.9 Å². The van der Waals surface area contributed by atoms with E-state index >= 15 is 0 Å². The molecule has 2 aromatic rings. The van der Waals surface area contributed by atoms with Crippen LogP contribution in [0.2, 0.25) is 0 Å². The van der Waals surface area contributed by atoms with Gasteiger partial charge in [0.1, 0.15) is 12.4 Å². The van der Waals surface area contributed by atoms with Crippen LogP contribution in [-0.4, -0.2) is 11.6 Å². The Labute approximate surface area is 107 Å². The maximum atomic E-state index is 5.64. The van der Waals surface area contributed by atoms with Gasteiger partial charge in [-0.15, -0.1) is 0 Å². The second kappa shape index (κ2) is 6.57. The smallest absolute Gasteiger partial charge is 0.127 e. The highest BCUT2D eigenvalue weighted by molar-refractivity contribution is 5.48. The van der Waals surface area contributed by atoms with Gasteiger partial charge in [-0.05, 0) is 17.7 Å². The Morgan fingerprint density at radius 3 is 2.78 bits per heavy atom. The molecule has 3 nitrogen and oxygen atoms in total. The van der Waals surface area contributed by atoms with Crippen LogP contribution in [-0.2, 0) is 6.54 Å². The number of nitrogens with two attached hydrogens (primary N) is 1. The van der Waals surface area contributed by atoms with Crippen LogP contribution < -0.4 is 10.5 Å². The number of benzene rings is 1. The third kappa shape index (κ3) is 3.43. The predicted octanol–water partition coefficient (Wildman–Crippen LogP) is 2.63. The lowest BCUT2D eigenvalue weighted by molar-refractivity contribution is 0.359. The summed E-state index contributed by atoms with van der Waals surface area (Å²) in [6.07, 6.45) is 7.45. The van der Waals surface area contributed by atoms with Crippen LogP contribution >= 0.6 is 0 Å². The summed E-state index contributed by atoms with van der Waals surface area (Å²) in [7, 11) is 0. The summed E-state index contributed by atoms with van der Waals surface area (Å²) in [4.78, 5) is 4.01. The van der Waals surface area contributed by atoms with Crippen molar-refractivity contribution in [2.45, 2.75) is 6.54 Å². The fourth-order valence-electron chi connectivity index (χ4n) is 1.59. The zero-order valence-corrected chi connectivity index (χ0v) is 10.1. The standard InChI is InChI=1S/C15H16N2O/c16-11-14-12-17-9-8-15(14)18-10-4-7-13-5-2-1-3-6-13/h1-9,12H,10-11,16H2/b7-4+. The lowest BCUT2D eigenvalue weighted by Crippen LogP contribution is -2.02. The summed E-state index contributed by atoms with van der Waals surface area (Å²) in [5.74, 6) is 0.796. The van der Waals surface area contributed by atoms with Crippen molar-refractivity contribution >= 4 is 6.08 Å². The molecule has 0 saturated heterocycles. The second-order valence-electron chi connectivity index (χ2n) is 3.81. The molecule has 2 N–H and O–H groups in total. The maximum absolute atomic E-state index is 5.64. The fraction of sp³-hybridized carbons (Fsp3) is 0.133. The highest BCUT2D eigenvalue weighted by atomic mass is 16.5. The average molecular weight is 240 g/mol. The van der Waals surface area contributed by atoms with E-state index in [1.165, 1.54) is 0 Å². The normalized spacial score (nSPS) is 10.7. The first-order valence-electron chi connectivity index (χ1n) is 5.87. The molecule has 0 amide bonds. The molecular weight excluding hydrogens is 224 g/mol. The Morgan fingerprint density at radius 2 is 2.00 bits per heavy atom. The maximum Gasteiger partial charge on any atom is 0.127 e. The van der Waals surface area contributed by atoms with Crippen molar-refractivity contribution in [3.8, 4) is 5.75 Å². The summed E-state index contributed by atoms with van der Waals surface area (Å²) < 4.78 is 5.64. The molecule has 0 saturated carbocycles. The Bertz CT molecular complexity index is 509. The Balaban J connectivity index is 1.91. The van der Waals surface area contributed by atoms with Gasteiger partial charge in [0.15, 0.2) is 0 Å². The molecule has 1 heterocycles. The van der Waals surface area contributed by atoms with Crippen LogP contribution in [0.4, 0.5) is 0 Å². The number of hydrogen-bond donors (Lipinski definition) is 1. The number of hydrogen-bond acceptors (Lipinski definition) is 3. The number of aromatic nitrogens is 1. The SMILES string of the molecule is NCc1cnccc1OC/C=C/c1ccccc1. The van der Waals surface area contributed by atoms with Gasteiger partial charge in [0, 0.05) is 24.5 Å². The van der Waals surface area contributed by atoms with Crippen molar-refractivity contribution in [3.63, 3.8) is 0 Å². The summed E-state index contributed by atoms with van der Waals surface area (Å²) in [6.45, 7) is 0.956. The molecule has 0 fully saturated rings. The minimum absolute atomic E-state index is 0.436. The van der Waals surface area contributed by atoms with Crippen LogP contribution in [0.15, 0.2) is 54.9 Å². The zero-order valence-electron chi connectivity index (χ0n) is 10.1. The molecule has 1 aromatic heterocycles. The van der Waals surface area contributed by atoms with Crippen LogP contribution in [0, 0.1) is 0 Å². The van der Waals surface area contributed by atoms with E-state index in [2.05, 4.69) is 4.98 Å². The largest absolute Gasteiger partial charge is 0.489 e. The van der Waals surface area contributed by atoms with Gasteiger partial charge in [0.05, 0.1) is 0 Å². The summed E-state index contributed by atoms with van der Waals surface area (Å²) in [5.41, 5.74) is 7.69. The molecule has 2 rings (SSSR count). The molecule has 18 heavy (non-hydrogen) atoms. The van der Waals surface area contributed by atoms with Crippen LogP contribution in [0.25, 0.3) is 6.08 Å². The minimum Gasteiger partial charge on any atom is -0.489 e. The Hall–Kier alpha value is -2.13. The Morgan fingerprint density at radius 1 is 1.17 bits per heavy atom. The molecule has 3 heteroatoms. The minimum atomic E-state index is 0.436. The zero-order chi connectivity index (χ0) is 12.6. The monoisotopic (exact) mass is 240 g/mol. The van der Waals surface area contributed by atoms with E-state index in [-0.39, 0.29) is 0 Å². The lowest BCUT2D eigenvalue weighted by atomic mass is 10.2. The van der Waals surface area contributed by atoms with Gasteiger partial charge in [0.2, 0.25) is 0 Å². The first-order valence-corrected chi connectivity index (χ1v) is 5.87. The van der Waals surface area contributed by atoms with E-state index in [1.54, 1.807) is 12.4 Å². The van der Waals surface area contributed by atoms with Crippen molar-refractivity contribution in [2.24, 2.45) is 5.73 Å². The number of pyridine rings is 1. The van der Waals surface area contributed by atoms with E-state index in [1.807, 2.05) is 48.6 Å². The van der Waals surface area contributed by atoms with Gasteiger partial charge in [-0.1, -0.05) is 36.4 Å². The van der Waals surface area contributed by atoms with Gasteiger partial charge in [-0.25, -0.2) is 0 Å². The van der Waals surface area contributed by atoms with Gasteiger partial charge >= 0.3 is 0 Å². The fourth-order valence-corrected chi connectivity index (χ4v) is 1.59. The van der Waals surface area contributed by atoms with Gasteiger partial charge in [-0.3, -0.25) is 4.98 Å². The van der Waals surface area contributed by atoms with Crippen molar-refractivity contribution < 1.29 is 4.74 Å². The highest BCUT2D eigenvalue weighted by Gasteiger charge is 1.99. The first kappa shape index (κ1) is 12.3. The third-order valence-corrected chi connectivity index (χ3v) is 2.52. The quantitative estimate of drug-likeness (QED) is 0.874. The van der Waals surface area contributed by atoms with Crippen molar-refractivity contribution in [2.75, 3.05) is 6.61 Å². The molecular formula is C15H16N2O. The van der Waals surface area contributed by atoms with Crippen molar-refractivity contribution in [1.82, 2.24) is 4.98 Å². The molecule has 0 bridgehead atoms. The Kier molecular flexibility index (Phi) is 4.50. The molecule has 0 radical (unpaired) electrons. The molecule has 0 unspecified atom stereocenters. The molecule has 0 atom stereocenters. The summed E-state index contributed by atoms with van der Waals surface area (Å²) in [5, 5.41) is 0. The topological polar surface area (TPSA) is 48.1 Å². The summed E-state index contributed by atoms with van der Waals surface area (Å²) in [6, 6.07) is 11.9. The van der Waals surface area contributed by atoms with Gasteiger partial charge in [-0.2, -0.15) is 0 Å². The molecule has 1 aromatic carbocycles. The van der Waals surface area contributed by atoms with E-state index < -0.39 is 0 Å². The molecule has 0 aliphatic rings. The molecule has 0 aliphatic carbocycles. The number of nitrogens with zero attached hydrogens (tertiary/aromatic N) is 1. The first-order chi connectivity index (χ1) is 8.90. The molecule has 92 valence electrons. The molecule has 0 aliphatic heterocycles. The predicted molar refractivity (Wildman–Crippen MR) is 73.1 cm³/mol. The van der Waals surface area contributed by atoms with Crippen LogP contribution in [0.5, 0.6) is 5.75 Å². The van der Waals surface area contributed by atoms with Crippen LogP contribution in [0.3, 0.4) is 0 Å². The number of ether oxygens (including phenoxy) is 1. The van der Waals surface area contributed by atoms with E-state index in [0.29, 0.717) is 13.2 Å². The number of rotatable bonds is 5. The van der Waals surface area contributed by atoms with E-state index in [4.69, 9.17) is 10.5 Å². The second-order valence-corrected chi connectivity index (χ2v) is 3.81. The van der Waals surface area contributed by atoms with Gasteiger partial charge in [0.25, 0.3) is 0 Å². The van der Waals surface area contributed by atoms with E-state index in [9.17, 15) is 0 Å². The van der Waals surface area contributed by atoms with Crippen molar-refractivity contribution in [3.05, 3.63) is 66.0 Å². The highest BCUT2D eigenvalue weighted by Crippen LogP contribution is 2.15. The lowest BCUT2D eigenvalue weighted by Gasteiger charge is -2.07. The average Bonchev–Trinajstić information content (AvgIpc) is 2.45. The summed E-state index contributed by atoms with van der Waals surface area (Å²) >= 11 is 0. The third-order valence-electron chi connectivity index (χ3n) is 2.52. The van der Waals surface area contributed by atoms with Gasteiger partial charge < -0.3 is 10.5 Å².